The third-order valence-corrected chi connectivity index (χ3v) is 4.54. The zero-order valence-corrected chi connectivity index (χ0v) is 9.48. The van der Waals surface area contributed by atoms with Gasteiger partial charge in [0.1, 0.15) is 0 Å². The summed E-state index contributed by atoms with van der Waals surface area (Å²) < 4.78 is 0. The summed E-state index contributed by atoms with van der Waals surface area (Å²) in [5, 5.41) is 0. The largest absolute Gasteiger partial charge is 0.0707 e. The molecule has 2 rings (SSSR count). The molecule has 2 aliphatic rings. The molecule has 13 heavy (non-hydrogen) atoms. The second-order valence-corrected chi connectivity index (χ2v) is 5.41. The van der Waals surface area contributed by atoms with Crippen molar-refractivity contribution in [2.75, 3.05) is 0 Å². The zero-order chi connectivity index (χ0) is 9.64. The van der Waals surface area contributed by atoms with Gasteiger partial charge in [-0.15, -0.1) is 0 Å². The molecule has 0 aromatic rings. The van der Waals surface area contributed by atoms with E-state index >= 15 is 0 Å². The summed E-state index contributed by atoms with van der Waals surface area (Å²) in [6.45, 7) is 9.59. The van der Waals surface area contributed by atoms with Gasteiger partial charge in [0.2, 0.25) is 0 Å². The first-order chi connectivity index (χ1) is 6.09. The Morgan fingerprint density at radius 2 is 2.15 bits per heavy atom. The quantitative estimate of drug-likeness (QED) is 0.557. The van der Waals surface area contributed by atoms with Gasteiger partial charge in [-0.1, -0.05) is 38.8 Å². The average Bonchev–Trinajstić information content (AvgIpc) is 2.28. The molecule has 0 aliphatic heterocycles. The van der Waals surface area contributed by atoms with Crippen LogP contribution in [0.1, 0.15) is 53.4 Å². The lowest BCUT2D eigenvalue weighted by Crippen LogP contribution is -2.41. The number of rotatable bonds is 2. The molecule has 0 radical (unpaired) electrons. The predicted octanol–water partition coefficient (Wildman–Crippen LogP) is 4.17. The molecule has 2 aliphatic carbocycles. The molecule has 0 spiro atoms. The maximum Gasteiger partial charge on any atom is -0.00768 e. The van der Waals surface area contributed by atoms with E-state index in [0.717, 1.165) is 11.8 Å². The van der Waals surface area contributed by atoms with E-state index in [1.54, 1.807) is 5.57 Å². The highest BCUT2D eigenvalue weighted by atomic mass is 14.6. The van der Waals surface area contributed by atoms with Gasteiger partial charge in [-0.25, -0.2) is 0 Å². The molecule has 74 valence electrons. The lowest BCUT2D eigenvalue weighted by Gasteiger charge is -2.50. The molecular formula is C13H22. The van der Waals surface area contributed by atoms with E-state index in [1.165, 1.54) is 25.7 Å². The molecule has 2 atom stereocenters. The monoisotopic (exact) mass is 178 g/mol. The van der Waals surface area contributed by atoms with Gasteiger partial charge in [0.15, 0.2) is 0 Å². The summed E-state index contributed by atoms with van der Waals surface area (Å²) in [7, 11) is 0. The van der Waals surface area contributed by atoms with Gasteiger partial charge in [-0.3, -0.25) is 0 Å². The highest BCUT2D eigenvalue weighted by Crippen LogP contribution is 2.62. The van der Waals surface area contributed by atoms with E-state index in [9.17, 15) is 0 Å². The fraction of sp³-hybridized carbons (Fsp3) is 0.846. The van der Waals surface area contributed by atoms with E-state index in [1.807, 2.05) is 5.57 Å². The Balaban J connectivity index is 2.21. The highest BCUT2D eigenvalue weighted by molar-refractivity contribution is 5.36. The molecular weight excluding hydrogens is 156 g/mol. The first kappa shape index (κ1) is 9.30. The Labute approximate surface area is 82.4 Å². The lowest BCUT2D eigenvalue weighted by atomic mass is 9.54. The van der Waals surface area contributed by atoms with Crippen molar-refractivity contribution in [1.82, 2.24) is 0 Å². The number of fused-ring (bicyclic) bond motifs is 1. The summed E-state index contributed by atoms with van der Waals surface area (Å²) in [5.74, 6) is 1.86. The van der Waals surface area contributed by atoms with Crippen molar-refractivity contribution in [2.45, 2.75) is 53.4 Å². The SMILES string of the molecule is CCC1=C2CC(C(C)C)C2(C)CC1. The fourth-order valence-electron chi connectivity index (χ4n) is 3.58. The van der Waals surface area contributed by atoms with E-state index < -0.39 is 0 Å². The molecule has 0 bridgehead atoms. The molecule has 0 N–H and O–H groups in total. The van der Waals surface area contributed by atoms with Crippen molar-refractivity contribution in [3.05, 3.63) is 11.1 Å². The van der Waals surface area contributed by atoms with Gasteiger partial charge in [0.25, 0.3) is 0 Å². The van der Waals surface area contributed by atoms with Gasteiger partial charge >= 0.3 is 0 Å². The molecule has 0 aromatic heterocycles. The lowest BCUT2D eigenvalue weighted by molar-refractivity contribution is 0.0975. The summed E-state index contributed by atoms with van der Waals surface area (Å²) >= 11 is 0. The topological polar surface area (TPSA) is 0 Å². The van der Waals surface area contributed by atoms with Crippen molar-refractivity contribution < 1.29 is 0 Å². The first-order valence-electron chi connectivity index (χ1n) is 5.81. The van der Waals surface area contributed by atoms with Crippen molar-refractivity contribution in [1.29, 1.82) is 0 Å². The fourth-order valence-corrected chi connectivity index (χ4v) is 3.58. The van der Waals surface area contributed by atoms with Gasteiger partial charge in [-0.2, -0.15) is 0 Å². The Hall–Kier alpha value is -0.260. The van der Waals surface area contributed by atoms with Crippen LogP contribution in [0.3, 0.4) is 0 Å². The maximum atomic E-state index is 2.50. The third-order valence-electron chi connectivity index (χ3n) is 4.54. The second kappa shape index (κ2) is 2.87. The van der Waals surface area contributed by atoms with E-state index in [2.05, 4.69) is 27.7 Å². The van der Waals surface area contributed by atoms with Crippen LogP contribution in [0.15, 0.2) is 11.1 Å². The van der Waals surface area contributed by atoms with Crippen LogP contribution in [-0.4, -0.2) is 0 Å². The van der Waals surface area contributed by atoms with Crippen molar-refractivity contribution in [3.63, 3.8) is 0 Å². The molecule has 0 heterocycles. The van der Waals surface area contributed by atoms with E-state index in [0.29, 0.717) is 5.41 Å². The Bertz CT molecular complexity index is 247. The summed E-state index contributed by atoms with van der Waals surface area (Å²) in [6.07, 6.45) is 5.55. The van der Waals surface area contributed by atoms with Crippen molar-refractivity contribution in [2.24, 2.45) is 17.3 Å². The Morgan fingerprint density at radius 3 is 2.69 bits per heavy atom. The molecule has 1 saturated carbocycles. The van der Waals surface area contributed by atoms with Gasteiger partial charge in [0, 0.05) is 0 Å². The van der Waals surface area contributed by atoms with Crippen LogP contribution in [0.25, 0.3) is 0 Å². The number of hydrogen-bond acceptors (Lipinski definition) is 0. The van der Waals surface area contributed by atoms with Gasteiger partial charge in [-0.05, 0) is 42.9 Å². The molecule has 1 fully saturated rings. The number of hydrogen-bond donors (Lipinski definition) is 0. The standard InChI is InChI=1S/C13H22/c1-5-10-6-7-13(4)11(9(2)3)8-12(10)13/h9,11H,5-8H2,1-4H3. The molecule has 0 amide bonds. The smallest absolute Gasteiger partial charge is 0.00768 e. The van der Waals surface area contributed by atoms with Crippen LogP contribution < -0.4 is 0 Å². The number of allylic oxidation sites excluding steroid dienone is 2. The van der Waals surface area contributed by atoms with Crippen LogP contribution in [-0.2, 0) is 0 Å². The van der Waals surface area contributed by atoms with Crippen LogP contribution >= 0.6 is 0 Å². The first-order valence-corrected chi connectivity index (χ1v) is 5.81. The summed E-state index contributed by atoms with van der Waals surface area (Å²) in [6, 6.07) is 0. The highest BCUT2D eigenvalue weighted by Gasteiger charge is 2.51. The molecule has 0 nitrogen and oxygen atoms in total. The van der Waals surface area contributed by atoms with Crippen molar-refractivity contribution >= 4 is 0 Å². The Morgan fingerprint density at radius 1 is 1.46 bits per heavy atom. The minimum absolute atomic E-state index is 0.625. The van der Waals surface area contributed by atoms with Crippen molar-refractivity contribution in [3.8, 4) is 0 Å². The van der Waals surface area contributed by atoms with E-state index in [-0.39, 0.29) is 0 Å². The van der Waals surface area contributed by atoms with Gasteiger partial charge in [0.05, 0.1) is 0 Å². The molecule has 0 aromatic carbocycles. The molecule has 2 unspecified atom stereocenters. The normalized spacial score (nSPS) is 38.1. The van der Waals surface area contributed by atoms with Crippen LogP contribution in [0, 0.1) is 17.3 Å². The summed E-state index contributed by atoms with van der Waals surface area (Å²) in [5.41, 5.74) is 4.26. The van der Waals surface area contributed by atoms with E-state index in [4.69, 9.17) is 0 Å². The molecule has 0 saturated heterocycles. The molecule has 0 heteroatoms. The minimum atomic E-state index is 0.625. The Kier molecular flexibility index (Phi) is 2.05. The van der Waals surface area contributed by atoms with Crippen LogP contribution in [0.4, 0.5) is 0 Å². The predicted molar refractivity (Wildman–Crippen MR) is 57.6 cm³/mol. The van der Waals surface area contributed by atoms with Crippen LogP contribution in [0.5, 0.6) is 0 Å². The second-order valence-electron chi connectivity index (χ2n) is 5.41. The third kappa shape index (κ3) is 1.11. The summed E-state index contributed by atoms with van der Waals surface area (Å²) in [4.78, 5) is 0. The average molecular weight is 178 g/mol. The van der Waals surface area contributed by atoms with Gasteiger partial charge < -0.3 is 0 Å². The minimum Gasteiger partial charge on any atom is -0.0707 e. The zero-order valence-electron chi connectivity index (χ0n) is 9.48. The van der Waals surface area contributed by atoms with Crippen LogP contribution in [0.2, 0.25) is 0 Å². The maximum absolute atomic E-state index is 2.50.